The van der Waals surface area contributed by atoms with E-state index >= 15 is 0 Å². The highest BCUT2D eigenvalue weighted by Crippen LogP contribution is 2.28. The van der Waals surface area contributed by atoms with E-state index in [1.54, 1.807) is 19.1 Å². The molecule has 0 saturated carbocycles. The summed E-state index contributed by atoms with van der Waals surface area (Å²) in [5.74, 6) is 0.205. The molecule has 0 spiro atoms. The van der Waals surface area contributed by atoms with Crippen LogP contribution in [0.5, 0.6) is 0 Å². The summed E-state index contributed by atoms with van der Waals surface area (Å²) in [5.41, 5.74) is 1.62. The van der Waals surface area contributed by atoms with Crippen LogP contribution in [0.15, 0.2) is 20.9 Å². The molecule has 3 rings (SSSR count). The molecule has 7 nitrogen and oxygen atoms in total. The van der Waals surface area contributed by atoms with Crippen molar-refractivity contribution >= 4 is 27.3 Å². The van der Waals surface area contributed by atoms with Crippen LogP contribution in [0.2, 0.25) is 0 Å². The molecule has 0 aromatic carbocycles. The Morgan fingerprint density at radius 2 is 2.15 bits per heavy atom. The number of nitrogens with one attached hydrogen (secondary N) is 1. The molecule has 142 valence electrons. The molecule has 0 bridgehead atoms. The average Bonchev–Trinajstić information content (AvgIpc) is 3.19. The van der Waals surface area contributed by atoms with Crippen molar-refractivity contribution in [2.45, 2.75) is 44.4 Å². The van der Waals surface area contributed by atoms with Crippen LogP contribution in [-0.4, -0.2) is 36.9 Å². The smallest absolute Gasteiger partial charge is 0.252 e. The van der Waals surface area contributed by atoms with Gasteiger partial charge in [-0.1, -0.05) is 5.16 Å². The zero-order valence-corrected chi connectivity index (χ0v) is 16.7. The van der Waals surface area contributed by atoms with Gasteiger partial charge in [0.05, 0.1) is 11.6 Å². The monoisotopic (exact) mass is 397 g/mol. The van der Waals surface area contributed by atoms with E-state index in [9.17, 15) is 13.2 Å². The molecule has 2 aromatic heterocycles. The number of aromatic nitrogens is 1. The molecule has 1 unspecified atom stereocenters. The number of rotatable bonds is 5. The van der Waals surface area contributed by atoms with Gasteiger partial charge < -0.3 is 9.84 Å². The van der Waals surface area contributed by atoms with Gasteiger partial charge in [0.15, 0.2) is 0 Å². The van der Waals surface area contributed by atoms with Crippen molar-refractivity contribution in [2.75, 3.05) is 13.1 Å². The Labute approximate surface area is 157 Å². The molecule has 1 amide bonds. The fourth-order valence-electron chi connectivity index (χ4n) is 3.13. The number of amides is 1. The zero-order valence-electron chi connectivity index (χ0n) is 15.1. The molecule has 26 heavy (non-hydrogen) atoms. The summed E-state index contributed by atoms with van der Waals surface area (Å²) in [6.07, 6.45) is 1.36. The Balaban J connectivity index is 1.65. The number of carbonyl (C=O) groups excluding carboxylic acids is 1. The third-order valence-corrected chi connectivity index (χ3v) is 8.02. The summed E-state index contributed by atoms with van der Waals surface area (Å²) in [5, 5.41) is 6.77. The number of nitrogens with zero attached hydrogens (tertiary/aromatic N) is 2. The maximum atomic E-state index is 12.8. The van der Waals surface area contributed by atoms with Gasteiger partial charge in [0.25, 0.3) is 10.0 Å². The van der Waals surface area contributed by atoms with Crippen molar-refractivity contribution < 1.29 is 17.7 Å². The van der Waals surface area contributed by atoms with E-state index in [2.05, 4.69) is 10.5 Å². The molecule has 2 aromatic rings. The van der Waals surface area contributed by atoms with Gasteiger partial charge in [-0.25, -0.2) is 8.42 Å². The summed E-state index contributed by atoms with van der Waals surface area (Å²) in [6, 6.07) is 3.44. The topological polar surface area (TPSA) is 92.5 Å². The Kier molecular flexibility index (Phi) is 5.50. The second-order valence-electron chi connectivity index (χ2n) is 6.59. The van der Waals surface area contributed by atoms with Gasteiger partial charge >= 0.3 is 0 Å². The van der Waals surface area contributed by atoms with E-state index in [1.165, 1.54) is 15.6 Å². The third-order valence-electron chi connectivity index (χ3n) is 4.69. The first-order valence-corrected chi connectivity index (χ1v) is 10.8. The minimum Gasteiger partial charge on any atom is -0.361 e. The number of aryl methyl sites for hydroxylation is 3. The lowest BCUT2D eigenvalue weighted by Crippen LogP contribution is -2.45. The molecular weight excluding hydrogens is 374 g/mol. The Morgan fingerprint density at radius 1 is 1.38 bits per heavy atom. The third kappa shape index (κ3) is 3.84. The highest BCUT2D eigenvalue weighted by molar-refractivity contribution is 7.91. The molecule has 1 aliphatic heterocycles. The molecule has 1 aliphatic rings. The van der Waals surface area contributed by atoms with Gasteiger partial charge in [0.2, 0.25) is 5.91 Å². The molecule has 1 saturated heterocycles. The van der Waals surface area contributed by atoms with Crippen molar-refractivity contribution in [3.63, 3.8) is 0 Å². The first-order valence-electron chi connectivity index (χ1n) is 8.55. The van der Waals surface area contributed by atoms with Crippen molar-refractivity contribution in [1.29, 1.82) is 0 Å². The van der Waals surface area contributed by atoms with Gasteiger partial charge in [0, 0.05) is 30.1 Å². The lowest BCUT2D eigenvalue weighted by molar-refractivity contribution is -0.126. The summed E-state index contributed by atoms with van der Waals surface area (Å²) in [6.45, 7) is 6.52. The SMILES string of the molecule is Cc1ccc(S(=O)(=O)N2CCCC(C(=O)NCc3c(C)noc3C)C2)s1. The van der Waals surface area contributed by atoms with Crippen LogP contribution < -0.4 is 5.32 Å². The summed E-state index contributed by atoms with van der Waals surface area (Å²) >= 11 is 1.26. The Bertz CT molecular complexity index is 882. The van der Waals surface area contributed by atoms with Crippen LogP contribution in [0.25, 0.3) is 0 Å². The number of piperidine rings is 1. The van der Waals surface area contributed by atoms with Crippen molar-refractivity contribution in [2.24, 2.45) is 5.92 Å². The number of hydrogen-bond donors (Lipinski definition) is 1. The van der Waals surface area contributed by atoms with Crippen LogP contribution in [0, 0.1) is 26.7 Å². The standard InChI is InChI=1S/C17H23N3O4S2/c1-11-6-7-16(25-11)26(22,23)20-8-4-5-14(10-20)17(21)18-9-15-12(2)19-24-13(15)3/h6-7,14H,4-5,8-10H2,1-3H3,(H,18,21). The van der Waals surface area contributed by atoms with Gasteiger partial charge in [-0.15, -0.1) is 11.3 Å². The second-order valence-corrected chi connectivity index (χ2v) is 10.0. The lowest BCUT2D eigenvalue weighted by atomic mass is 9.98. The summed E-state index contributed by atoms with van der Waals surface area (Å²) < 4.78 is 32.4. The van der Waals surface area contributed by atoms with Crippen LogP contribution in [-0.2, 0) is 21.4 Å². The molecule has 0 aliphatic carbocycles. The van der Waals surface area contributed by atoms with E-state index in [-0.39, 0.29) is 18.4 Å². The quantitative estimate of drug-likeness (QED) is 0.836. The minimum atomic E-state index is -3.53. The highest BCUT2D eigenvalue weighted by Gasteiger charge is 2.34. The molecule has 3 heterocycles. The van der Waals surface area contributed by atoms with E-state index in [0.717, 1.165) is 16.1 Å². The number of sulfonamides is 1. The maximum absolute atomic E-state index is 12.8. The first-order chi connectivity index (χ1) is 12.3. The summed E-state index contributed by atoms with van der Waals surface area (Å²) in [4.78, 5) is 13.5. The Morgan fingerprint density at radius 3 is 2.77 bits per heavy atom. The van der Waals surface area contributed by atoms with Crippen molar-refractivity contribution in [3.8, 4) is 0 Å². The number of thiophene rings is 1. The van der Waals surface area contributed by atoms with E-state index in [0.29, 0.717) is 35.9 Å². The number of carbonyl (C=O) groups is 1. The van der Waals surface area contributed by atoms with Gasteiger partial charge in [-0.2, -0.15) is 4.31 Å². The van der Waals surface area contributed by atoms with Crippen molar-refractivity contribution in [1.82, 2.24) is 14.8 Å². The maximum Gasteiger partial charge on any atom is 0.252 e. The Hall–Kier alpha value is -1.71. The van der Waals surface area contributed by atoms with E-state index in [4.69, 9.17) is 4.52 Å². The largest absolute Gasteiger partial charge is 0.361 e. The first kappa shape index (κ1) is 19.1. The van der Waals surface area contributed by atoms with Crippen LogP contribution >= 0.6 is 11.3 Å². The molecule has 1 N–H and O–H groups in total. The molecular formula is C17H23N3O4S2. The fourth-order valence-corrected chi connectivity index (χ4v) is 6.09. The van der Waals surface area contributed by atoms with E-state index in [1.807, 2.05) is 13.8 Å². The minimum absolute atomic E-state index is 0.132. The lowest BCUT2D eigenvalue weighted by Gasteiger charge is -2.30. The molecule has 9 heteroatoms. The normalized spacial score (nSPS) is 18.8. The number of hydrogen-bond acceptors (Lipinski definition) is 6. The second kappa shape index (κ2) is 7.50. The zero-order chi connectivity index (χ0) is 18.9. The van der Waals surface area contributed by atoms with Crippen LogP contribution in [0.3, 0.4) is 0 Å². The predicted molar refractivity (Wildman–Crippen MR) is 98.4 cm³/mol. The molecule has 1 fully saturated rings. The molecule has 0 radical (unpaired) electrons. The van der Waals surface area contributed by atoms with Gasteiger partial charge in [-0.05, 0) is 45.7 Å². The van der Waals surface area contributed by atoms with Gasteiger partial charge in [0.1, 0.15) is 9.97 Å². The average molecular weight is 398 g/mol. The van der Waals surface area contributed by atoms with Crippen molar-refractivity contribution in [3.05, 3.63) is 34.0 Å². The molecule has 1 atom stereocenters. The summed E-state index contributed by atoms with van der Waals surface area (Å²) in [7, 11) is -3.53. The highest BCUT2D eigenvalue weighted by atomic mass is 32.2. The van der Waals surface area contributed by atoms with Crippen LogP contribution in [0.1, 0.15) is 34.7 Å². The van der Waals surface area contributed by atoms with Crippen LogP contribution in [0.4, 0.5) is 0 Å². The van der Waals surface area contributed by atoms with E-state index < -0.39 is 10.0 Å². The predicted octanol–water partition coefficient (Wildman–Crippen LogP) is 2.38. The van der Waals surface area contributed by atoms with Gasteiger partial charge in [-0.3, -0.25) is 4.79 Å². The fraction of sp³-hybridized carbons (Fsp3) is 0.529.